The van der Waals surface area contributed by atoms with Crippen LogP contribution in [0.1, 0.15) is 44.5 Å². The first kappa shape index (κ1) is 40.1. The van der Waals surface area contributed by atoms with Crippen LogP contribution in [0.5, 0.6) is 0 Å². The van der Waals surface area contributed by atoms with Gasteiger partial charge >= 0.3 is 0 Å². The first-order valence-electron chi connectivity index (χ1n) is 24.3. The van der Waals surface area contributed by atoms with Crippen LogP contribution in [-0.2, 0) is 10.8 Å². The minimum atomic E-state index is -0.583. The van der Waals surface area contributed by atoms with Gasteiger partial charge in [-0.1, -0.05) is 206 Å². The standard InChI is InChI=1S/C68H46N2/c1-6-22-47(23-7-1)67(48-24-8-2-9-25-48)61-35-19-16-32-55(61)58-41-39-53(44-64(58)67)70(51-30-14-5-15-31-51)54-40-43-60-57-34-18-21-37-63(57)68(66(60)46-54)62-36-20-17-33-56(62)59-42-38-52(45-65(59)68)69(49-26-10-3-11-27-49)50-28-12-4-13-29-50/h1-46H. The number of anilines is 6. The van der Waals surface area contributed by atoms with Gasteiger partial charge in [-0.15, -0.1) is 0 Å². The Labute approximate surface area is 409 Å². The minimum Gasteiger partial charge on any atom is -0.310 e. The van der Waals surface area contributed by atoms with Crippen LogP contribution in [0.2, 0.25) is 0 Å². The Morgan fingerprint density at radius 3 is 0.800 bits per heavy atom. The summed E-state index contributed by atoms with van der Waals surface area (Å²) in [6, 6.07) is 103. The van der Waals surface area contributed by atoms with E-state index in [-0.39, 0.29) is 0 Å². The molecule has 328 valence electrons. The quantitative estimate of drug-likeness (QED) is 0.150. The van der Waals surface area contributed by atoms with Crippen molar-refractivity contribution in [1.29, 1.82) is 0 Å². The second kappa shape index (κ2) is 15.8. The summed E-state index contributed by atoms with van der Waals surface area (Å²) in [4.78, 5) is 4.87. The number of hydrogen-bond acceptors (Lipinski definition) is 2. The molecule has 14 rings (SSSR count). The Morgan fingerprint density at radius 2 is 0.443 bits per heavy atom. The van der Waals surface area contributed by atoms with E-state index in [9.17, 15) is 0 Å². The lowest BCUT2D eigenvalue weighted by Crippen LogP contribution is -2.28. The van der Waals surface area contributed by atoms with E-state index in [0.29, 0.717) is 0 Å². The van der Waals surface area contributed by atoms with Gasteiger partial charge in [-0.05, 0) is 151 Å². The van der Waals surface area contributed by atoms with Crippen LogP contribution in [-0.4, -0.2) is 0 Å². The van der Waals surface area contributed by atoms with Crippen LogP contribution in [0.15, 0.2) is 279 Å². The van der Waals surface area contributed by atoms with Gasteiger partial charge in [0, 0.05) is 34.1 Å². The van der Waals surface area contributed by atoms with Crippen molar-refractivity contribution < 1.29 is 0 Å². The van der Waals surface area contributed by atoms with E-state index in [2.05, 4.69) is 289 Å². The monoisotopic (exact) mass is 890 g/mol. The Bertz CT molecular complexity index is 3680. The predicted octanol–water partition coefficient (Wildman–Crippen LogP) is 17.3. The van der Waals surface area contributed by atoms with Crippen molar-refractivity contribution in [2.75, 3.05) is 9.80 Å². The molecule has 11 aromatic rings. The molecule has 2 nitrogen and oxygen atoms in total. The molecule has 3 aliphatic rings. The summed E-state index contributed by atoms with van der Waals surface area (Å²) in [5.74, 6) is 0. The molecule has 0 bridgehead atoms. The number of rotatable bonds is 8. The van der Waals surface area contributed by atoms with Gasteiger partial charge in [-0.3, -0.25) is 0 Å². The van der Waals surface area contributed by atoms with E-state index in [1.807, 2.05) is 0 Å². The summed E-state index contributed by atoms with van der Waals surface area (Å²) in [5, 5.41) is 0. The van der Waals surface area contributed by atoms with E-state index >= 15 is 0 Å². The zero-order valence-corrected chi connectivity index (χ0v) is 38.5. The third-order valence-corrected chi connectivity index (χ3v) is 15.3. The van der Waals surface area contributed by atoms with Crippen LogP contribution in [0, 0.1) is 0 Å². The fraction of sp³-hybridized carbons (Fsp3) is 0.0294. The summed E-state index contributed by atoms with van der Waals surface area (Å²) in [6.45, 7) is 0. The molecule has 0 heterocycles. The normalized spacial score (nSPS) is 15.0. The second-order valence-corrected chi connectivity index (χ2v) is 18.7. The Balaban J connectivity index is 1.01. The molecule has 3 aliphatic carbocycles. The summed E-state index contributed by atoms with van der Waals surface area (Å²) >= 11 is 0. The van der Waals surface area contributed by atoms with Crippen LogP contribution in [0.25, 0.3) is 33.4 Å². The van der Waals surface area contributed by atoms with Crippen LogP contribution >= 0.6 is 0 Å². The second-order valence-electron chi connectivity index (χ2n) is 18.7. The maximum Gasteiger partial charge on any atom is 0.0727 e. The van der Waals surface area contributed by atoms with Gasteiger partial charge < -0.3 is 9.80 Å². The van der Waals surface area contributed by atoms with Gasteiger partial charge in [0.25, 0.3) is 0 Å². The third-order valence-electron chi connectivity index (χ3n) is 15.3. The highest BCUT2D eigenvalue weighted by atomic mass is 15.1. The van der Waals surface area contributed by atoms with Gasteiger partial charge in [0.15, 0.2) is 0 Å². The molecule has 1 unspecified atom stereocenters. The molecule has 0 saturated carbocycles. The maximum atomic E-state index is 2.51. The average Bonchev–Trinajstić information content (AvgIpc) is 4.02. The Morgan fingerprint density at radius 1 is 0.186 bits per heavy atom. The van der Waals surface area contributed by atoms with E-state index in [1.165, 1.54) is 77.9 Å². The van der Waals surface area contributed by atoms with Gasteiger partial charge in [-0.2, -0.15) is 0 Å². The topological polar surface area (TPSA) is 6.48 Å². The number of benzene rings is 11. The SMILES string of the molecule is c1ccc(N(c2ccccc2)c2ccc3c(c2)C2(c4ccccc4-3)c3ccccc3-c3ccc(N(c4ccccc4)c4ccc5c(c4)C(c4ccccc4)(c4ccccc4)c4ccccc4-5)cc32)cc1. The molecule has 0 aromatic heterocycles. The first-order chi connectivity index (χ1) is 34.7. The molecule has 0 amide bonds. The lowest BCUT2D eigenvalue weighted by Gasteiger charge is -2.35. The fourth-order valence-electron chi connectivity index (χ4n) is 12.6. The number of nitrogens with zero attached hydrogens (tertiary/aromatic N) is 2. The van der Waals surface area contributed by atoms with Crippen molar-refractivity contribution in [2.24, 2.45) is 0 Å². The van der Waals surface area contributed by atoms with Gasteiger partial charge in [-0.25, -0.2) is 0 Å². The lowest BCUT2D eigenvalue weighted by molar-refractivity contribution is 0.768. The zero-order chi connectivity index (χ0) is 46.2. The van der Waals surface area contributed by atoms with Crippen molar-refractivity contribution >= 4 is 34.1 Å². The summed E-state index contributed by atoms with van der Waals surface area (Å²) < 4.78 is 0. The molecule has 0 saturated heterocycles. The molecule has 0 radical (unpaired) electrons. The van der Waals surface area contributed by atoms with Gasteiger partial charge in [0.05, 0.1) is 10.8 Å². The van der Waals surface area contributed by atoms with Gasteiger partial charge in [0.2, 0.25) is 0 Å². The lowest BCUT2D eigenvalue weighted by atomic mass is 9.67. The van der Waals surface area contributed by atoms with Crippen molar-refractivity contribution in [3.05, 3.63) is 324 Å². The molecule has 0 aliphatic heterocycles. The van der Waals surface area contributed by atoms with Crippen LogP contribution < -0.4 is 9.80 Å². The zero-order valence-electron chi connectivity index (χ0n) is 38.5. The highest BCUT2D eigenvalue weighted by molar-refractivity contribution is 5.98. The first-order valence-corrected chi connectivity index (χ1v) is 24.3. The molecular weight excluding hydrogens is 845 g/mol. The molecule has 1 atom stereocenters. The highest BCUT2D eigenvalue weighted by Crippen LogP contribution is 2.64. The minimum absolute atomic E-state index is 0.529. The molecule has 1 spiro atoms. The summed E-state index contributed by atoms with van der Waals surface area (Å²) in [5.41, 5.74) is 23.5. The van der Waals surface area contributed by atoms with E-state index < -0.39 is 10.8 Å². The average molecular weight is 891 g/mol. The third kappa shape index (κ3) is 5.68. The van der Waals surface area contributed by atoms with E-state index in [0.717, 1.165) is 34.1 Å². The molecule has 2 heteroatoms. The predicted molar refractivity (Wildman–Crippen MR) is 289 cm³/mol. The maximum absolute atomic E-state index is 2.51. The Hall–Kier alpha value is -8.98. The van der Waals surface area contributed by atoms with E-state index in [4.69, 9.17) is 0 Å². The molecule has 70 heavy (non-hydrogen) atoms. The highest BCUT2D eigenvalue weighted by Gasteiger charge is 2.52. The largest absolute Gasteiger partial charge is 0.310 e. The summed E-state index contributed by atoms with van der Waals surface area (Å²) in [7, 11) is 0. The van der Waals surface area contributed by atoms with Crippen molar-refractivity contribution in [1.82, 2.24) is 0 Å². The van der Waals surface area contributed by atoms with Crippen molar-refractivity contribution in [2.45, 2.75) is 10.8 Å². The number of fused-ring (bicyclic) bond motifs is 13. The van der Waals surface area contributed by atoms with Gasteiger partial charge in [0.1, 0.15) is 0 Å². The van der Waals surface area contributed by atoms with Crippen molar-refractivity contribution in [3.8, 4) is 33.4 Å². The molecule has 0 N–H and O–H groups in total. The Kier molecular flexibility index (Phi) is 9.06. The number of hydrogen-bond donors (Lipinski definition) is 0. The molecule has 0 fully saturated rings. The van der Waals surface area contributed by atoms with Crippen LogP contribution in [0.3, 0.4) is 0 Å². The van der Waals surface area contributed by atoms with Crippen LogP contribution in [0.4, 0.5) is 34.1 Å². The summed E-state index contributed by atoms with van der Waals surface area (Å²) in [6.07, 6.45) is 0. The van der Waals surface area contributed by atoms with E-state index in [1.54, 1.807) is 0 Å². The smallest absolute Gasteiger partial charge is 0.0727 e. The fourth-order valence-corrected chi connectivity index (χ4v) is 12.6. The molecular formula is C68H46N2. The molecule has 11 aromatic carbocycles. The number of para-hydroxylation sites is 3. The van der Waals surface area contributed by atoms with Crippen molar-refractivity contribution in [3.63, 3.8) is 0 Å².